The fraction of sp³-hybridized carbons (Fsp3) is 0.600. The summed E-state index contributed by atoms with van der Waals surface area (Å²) in [7, 11) is 1.76. The summed E-state index contributed by atoms with van der Waals surface area (Å²) in [6, 6.07) is 6.72. The summed E-state index contributed by atoms with van der Waals surface area (Å²) in [5.74, 6) is 2.27. The van der Waals surface area contributed by atoms with Gasteiger partial charge in [0.15, 0.2) is 0 Å². The number of hydrogen-bond acceptors (Lipinski definition) is 2. The Morgan fingerprint density at radius 1 is 1.24 bits per heavy atom. The van der Waals surface area contributed by atoms with Crippen LogP contribution in [-0.4, -0.2) is 20.2 Å². The molecule has 0 radical (unpaired) electrons. The van der Waals surface area contributed by atoms with Crippen LogP contribution in [0.25, 0.3) is 0 Å². The van der Waals surface area contributed by atoms with E-state index in [-0.39, 0.29) is 0 Å². The molecule has 1 aromatic rings. The summed E-state index contributed by atoms with van der Waals surface area (Å²) >= 11 is 0. The predicted octanol–water partition coefficient (Wildman–Crippen LogP) is 3.29. The molecule has 0 amide bonds. The maximum Gasteiger partial charge on any atom is 0.122 e. The first kappa shape index (κ1) is 12.4. The molecule has 2 rings (SSSR count). The molecule has 1 fully saturated rings. The van der Waals surface area contributed by atoms with Gasteiger partial charge in [-0.05, 0) is 55.0 Å². The van der Waals surface area contributed by atoms with E-state index in [0.29, 0.717) is 5.92 Å². The van der Waals surface area contributed by atoms with Crippen molar-refractivity contribution in [1.29, 1.82) is 0 Å². The zero-order valence-corrected chi connectivity index (χ0v) is 11.1. The standard InChI is InChI=1S/C15H23NO/c1-11(2)14-10-13(4-5-15(14)17-3)12-6-8-16-9-7-12/h4-5,10-12,16H,6-9H2,1-3H3. The molecule has 1 aromatic carbocycles. The maximum atomic E-state index is 5.44. The van der Waals surface area contributed by atoms with Crippen molar-refractivity contribution in [2.75, 3.05) is 20.2 Å². The van der Waals surface area contributed by atoms with E-state index in [9.17, 15) is 0 Å². The summed E-state index contributed by atoms with van der Waals surface area (Å²) in [6.45, 7) is 6.75. The summed E-state index contributed by atoms with van der Waals surface area (Å²) in [6.07, 6.45) is 2.51. The SMILES string of the molecule is COc1ccc(C2CCNCC2)cc1C(C)C. The predicted molar refractivity (Wildman–Crippen MR) is 71.9 cm³/mol. The Morgan fingerprint density at radius 2 is 1.94 bits per heavy atom. The zero-order valence-electron chi connectivity index (χ0n) is 11.1. The average Bonchev–Trinajstić information content (AvgIpc) is 2.39. The molecule has 0 atom stereocenters. The smallest absolute Gasteiger partial charge is 0.122 e. The van der Waals surface area contributed by atoms with Crippen molar-refractivity contribution < 1.29 is 4.74 Å². The molecule has 1 aliphatic rings. The lowest BCUT2D eigenvalue weighted by molar-refractivity contribution is 0.406. The minimum atomic E-state index is 0.520. The van der Waals surface area contributed by atoms with Crippen LogP contribution in [0.5, 0.6) is 5.75 Å². The van der Waals surface area contributed by atoms with Gasteiger partial charge >= 0.3 is 0 Å². The molecule has 0 unspecified atom stereocenters. The quantitative estimate of drug-likeness (QED) is 0.865. The molecule has 0 saturated carbocycles. The zero-order chi connectivity index (χ0) is 12.3. The van der Waals surface area contributed by atoms with Crippen LogP contribution in [0.4, 0.5) is 0 Å². The molecule has 2 nitrogen and oxygen atoms in total. The first-order valence-corrected chi connectivity index (χ1v) is 6.61. The number of methoxy groups -OCH3 is 1. The third-order valence-electron chi connectivity index (χ3n) is 3.69. The second kappa shape index (κ2) is 5.54. The van der Waals surface area contributed by atoms with Crippen LogP contribution in [0.2, 0.25) is 0 Å². The third kappa shape index (κ3) is 2.81. The van der Waals surface area contributed by atoms with Crippen LogP contribution < -0.4 is 10.1 Å². The Morgan fingerprint density at radius 3 is 2.53 bits per heavy atom. The van der Waals surface area contributed by atoms with Crippen molar-refractivity contribution in [2.24, 2.45) is 0 Å². The Bertz CT molecular complexity index is 367. The highest BCUT2D eigenvalue weighted by Gasteiger charge is 2.17. The highest BCUT2D eigenvalue weighted by Crippen LogP contribution is 2.32. The van der Waals surface area contributed by atoms with Gasteiger partial charge in [-0.15, -0.1) is 0 Å². The number of piperidine rings is 1. The van der Waals surface area contributed by atoms with Gasteiger partial charge in [-0.2, -0.15) is 0 Å². The van der Waals surface area contributed by atoms with E-state index < -0.39 is 0 Å². The lowest BCUT2D eigenvalue weighted by Gasteiger charge is -2.24. The topological polar surface area (TPSA) is 21.3 Å². The molecule has 1 aliphatic heterocycles. The number of nitrogens with one attached hydrogen (secondary N) is 1. The first-order chi connectivity index (χ1) is 8.22. The van der Waals surface area contributed by atoms with Gasteiger partial charge in [-0.1, -0.05) is 26.0 Å². The molecular formula is C15H23NO. The van der Waals surface area contributed by atoms with Gasteiger partial charge in [0.2, 0.25) is 0 Å². The van der Waals surface area contributed by atoms with E-state index in [1.54, 1.807) is 7.11 Å². The van der Waals surface area contributed by atoms with Crippen LogP contribution in [0.1, 0.15) is 49.7 Å². The largest absolute Gasteiger partial charge is 0.496 e. The van der Waals surface area contributed by atoms with Crippen LogP contribution in [0.15, 0.2) is 18.2 Å². The van der Waals surface area contributed by atoms with Crippen LogP contribution in [-0.2, 0) is 0 Å². The van der Waals surface area contributed by atoms with Crippen molar-refractivity contribution in [3.63, 3.8) is 0 Å². The summed E-state index contributed by atoms with van der Waals surface area (Å²) in [5.41, 5.74) is 2.82. The number of hydrogen-bond donors (Lipinski definition) is 1. The van der Waals surface area contributed by atoms with E-state index in [4.69, 9.17) is 4.74 Å². The van der Waals surface area contributed by atoms with E-state index in [2.05, 4.69) is 37.4 Å². The van der Waals surface area contributed by atoms with Crippen LogP contribution >= 0.6 is 0 Å². The summed E-state index contributed by atoms with van der Waals surface area (Å²) in [4.78, 5) is 0. The Hall–Kier alpha value is -1.02. The fourth-order valence-electron chi connectivity index (χ4n) is 2.61. The van der Waals surface area contributed by atoms with Crippen molar-refractivity contribution in [3.05, 3.63) is 29.3 Å². The summed E-state index contributed by atoms with van der Waals surface area (Å²) < 4.78 is 5.44. The maximum absolute atomic E-state index is 5.44. The Balaban J connectivity index is 2.26. The van der Waals surface area contributed by atoms with E-state index >= 15 is 0 Å². The van der Waals surface area contributed by atoms with Gasteiger partial charge in [0, 0.05) is 0 Å². The molecule has 0 spiro atoms. The molecular weight excluding hydrogens is 210 g/mol. The van der Waals surface area contributed by atoms with Crippen LogP contribution in [0, 0.1) is 0 Å². The van der Waals surface area contributed by atoms with Crippen molar-refractivity contribution in [1.82, 2.24) is 5.32 Å². The molecule has 1 N–H and O–H groups in total. The van der Waals surface area contributed by atoms with Crippen LogP contribution in [0.3, 0.4) is 0 Å². The molecule has 1 heterocycles. The van der Waals surface area contributed by atoms with Gasteiger partial charge in [-0.3, -0.25) is 0 Å². The third-order valence-corrected chi connectivity index (χ3v) is 3.69. The number of rotatable bonds is 3. The summed E-state index contributed by atoms with van der Waals surface area (Å²) in [5, 5.41) is 3.42. The van der Waals surface area contributed by atoms with Crippen molar-refractivity contribution >= 4 is 0 Å². The molecule has 0 aliphatic carbocycles. The molecule has 0 aromatic heterocycles. The van der Waals surface area contributed by atoms with E-state index in [0.717, 1.165) is 24.8 Å². The number of benzene rings is 1. The monoisotopic (exact) mass is 233 g/mol. The van der Waals surface area contributed by atoms with Gasteiger partial charge in [-0.25, -0.2) is 0 Å². The Kier molecular flexibility index (Phi) is 4.06. The van der Waals surface area contributed by atoms with E-state index in [1.807, 2.05) is 0 Å². The van der Waals surface area contributed by atoms with Gasteiger partial charge in [0.1, 0.15) is 5.75 Å². The van der Waals surface area contributed by atoms with Gasteiger partial charge in [0.25, 0.3) is 0 Å². The van der Waals surface area contributed by atoms with Crippen molar-refractivity contribution in [2.45, 2.75) is 38.5 Å². The molecule has 17 heavy (non-hydrogen) atoms. The van der Waals surface area contributed by atoms with E-state index in [1.165, 1.54) is 24.0 Å². The average molecular weight is 233 g/mol. The second-order valence-corrected chi connectivity index (χ2v) is 5.18. The lowest BCUT2D eigenvalue weighted by Crippen LogP contribution is -2.26. The molecule has 0 bridgehead atoms. The highest BCUT2D eigenvalue weighted by atomic mass is 16.5. The highest BCUT2D eigenvalue weighted by molar-refractivity contribution is 5.40. The second-order valence-electron chi connectivity index (χ2n) is 5.18. The molecule has 94 valence electrons. The van der Waals surface area contributed by atoms with Gasteiger partial charge in [0.05, 0.1) is 7.11 Å². The fourth-order valence-corrected chi connectivity index (χ4v) is 2.61. The first-order valence-electron chi connectivity index (χ1n) is 6.61. The van der Waals surface area contributed by atoms with Gasteiger partial charge < -0.3 is 10.1 Å². The Labute approximate surface area is 104 Å². The minimum absolute atomic E-state index is 0.520. The number of ether oxygens (including phenoxy) is 1. The minimum Gasteiger partial charge on any atom is -0.496 e. The van der Waals surface area contributed by atoms with Crippen molar-refractivity contribution in [3.8, 4) is 5.75 Å². The normalized spacial score (nSPS) is 17.4. The molecule has 1 saturated heterocycles. The molecule has 2 heteroatoms. The lowest BCUT2D eigenvalue weighted by atomic mass is 9.87.